The molecule has 2 atom stereocenters. The molecule has 0 amide bonds. The monoisotopic (exact) mass is 638 g/mol. The molecule has 220 valence electrons. The third-order valence-electron chi connectivity index (χ3n) is 6.09. The van der Waals surface area contributed by atoms with Crippen LogP contribution in [0.1, 0.15) is 51.7 Å². The fourth-order valence-electron chi connectivity index (χ4n) is 3.26. The molecule has 0 heterocycles. The van der Waals surface area contributed by atoms with Gasteiger partial charge in [0.15, 0.2) is 11.6 Å². The van der Waals surface area contributed by atoms with E-state index >= 15 is 0 Å². The van der Waals surface area contributed by atoms with Crippen molar-refractivity contribution in [3.8, 4) is 12.1 Å². The van der Waals surface area contributed by atoms with Gasteiger partial charge in [0, 0.05) is 45.1 Å². The molecule has 0 aliphatic rings. The number of benzene rings is 2. The van der Waals surface area contributed by atoms with Gasteiger partial charge in [-0.3, -0.25) is 29.8 Å². The van der Waals surface area contributed by atoms with Gasteiger partial charge in [0.2, 0.25) is 0 Å². The molecular weight excluding hydrogens is 616 g/mol. The molecule has 0 spiro atoms. The van der Waals surface area contributed by atoms with Gasteiger partial charge >= 0.3 is 23.1 Å². The molecule has 0 N–H and O–H groups in total. The molecule has 12 nitrogen and oxygen atoms in total. The van der Waals surface area contributed by atoms with Crippen LogP contribution in [0.3, 0.4) is 0 Å². The van der Waals surface area contributed by atoms with Gasteiger partial charge in [-0.05, 0) is 37.1 Å². The zero-order valence-electron chi connectivity index (χ0n) is 23.6. The van der Waals surface area contributed by atoms with Gasteiger partial charge in [-0.15, -0.1) is 0 Å². The molecule has 0 aliphatic carbocycles. The molecule has 2 aromatic rings. The minimum Gasteiger partial charge on any atom is -0.871 e. The van der Waals surface area contributed by atoms with Crippen molar-refractivity contribution in [1.82, 2.24) is 0 Å². The van der Waals surface area contributed by atoms with E-state index in [1.807, 2.05) is 0 Å². The number of Topliss-reactive ketones (excluding diaryl/α,β-unsaturated/α-hetero) is 2. The number of carbonyl (C=O) groups excluding carboxylic acids is 2. The van der Waals surface area contributed by atoms with Gasteiger partial charge in [0.25, 0.3) is 11.4 Å². The van der Waals surface area contributed by atoms with Crippen LogP contribution in [0, 0.1) is 54.7 Å². The van der Waals surface area contributed by atoms with Gasteiger partial charge in [0.05, 0.1) is 21.0 Å². The predicted molar refractivity (Wildman–Crippen MR) is 156 cm³/mol. The molecule has 0 radical (unpaired) electrons. The zero-order chi connectivity index (χ0) is 32.3. The van der Waals surface area contributed by atoms with E-state index in [0.29, 0.717) is 12.8 Å². The van der Waals surface area contributed by atoms with Crippen LogP contribution in [0.25, 0.3) is 11.5 Å². The predicted octanol–water partition coefficient (Wildman–Crippen LogP) is 4.54. The van der Waals surface area contributed by atoms with Crippen molar-refractivity contribution in [2.45, 2.75) is 40.5 Å². The molecule has 2 aromatic carbocycles. The number of carbonyl (C=O) groups is 2. The summed E-state index contributed by atoms with van der Waals surface area (Å²) in [5.41, 5.74) is -2.91. The second-order valence-corrected chi connectivity index (χ2v) is 9.69. The summed E-state index contributed by atoms with van der Waals surface area (Å²) < 4.78 is 0. The summed E-state index contributed by atoms with van der Waals surface area (Å²) in [5.74, 6) is -4.15. The zero-order valence-corrected chi connectivity index (χ0v) is 26.5. The number of nitriles is 2. The molecule has 0 aliphatic heterocycles. The first-order valence-electron chi connectivity index (χ1n) is 12.3. The normalized spacial score (nSPS) is 12.7. The molecule has 0 fully saturated rings. The number of nitro groups is 2. The summed E-state index contributed by atoms with van der Waals surface area (Å²) in [5, 5.41) is 64.7. The van der Waals surface area contributed by atoms with E-state index in [4.69, 9.17) is 33.7 Å². The van der Waals surface area contributed by atoms with Crippen molar-refractivity contribution in [3.05, 3.63) is 88.9 Å². The average molecular weight is 640 g/mol. The first kappa shape index (κ1) is 39.0. The van der Waals surface area contributed by atoms with Gasteiger partial charge in [-0.25, -0.2) is 0 Å². The smallest absolute Gasteiger partial charge is 0.871 e. The third-order valence-corrected chi connectivity index (χ3v) is 6.56. The van der Waals surface area contributed by atoms with Crippen LogP contribution in [-0.4, -0.2) is 44.5 Å². The number of hydrogen-bond acceptors (Lipinski definition) is 10. The van der Waals surface area contributed by atoms with E-state index in [1.165, 1.54) is 12.1 Å². The van der Waals surface area contributed by atoms with E-state index in [-0.39, 0.29) is 44.2 Å². The molecule has 0 saturated carbocycles. The summed E-state index contributed by atoms with van der Waals surface area (Å²) in [6, 6.07) is 10.0. The summed E-state index contributed by atoms with van der Waals surface area (Å²) >= 11 is 11.3. The Morgan fingerprint density at radius 1 is 0.767 bits per heavy atom. The second kappa shape index (κ2) is 17.8. The second-order valence-electron chi connectivity index (χ2n) is 8.82. The topological polar surface area (TPSA) is 214 Å². The number of allylic oxidation sites excluding steroid dienone is 2. The van der Waals surface area contributed by atoms with Crippen molar-refractivity contribution < 1.29 is 29.6 Å². The van der Waals surface area contributed by atoms with Crippen molar-refractivity contribution in [3.63, 3.8) is 0 Å². The van der Waals surface area contributed by atoms with Crippen molar-refractivity contribution in [1.29, 1.82) is 10.5 Å². The van der Waals surface area contributed by atoms with E-state index in [9.17, 15) is 40.0 Å². The maximum atomic E-state index is 12.2. The molecule has 15 heteroatoms. The summed E-state index contributed by atoms with van der Waals surface area (Å²) in [6.07, 6.45) is 0.917. The van der Waals surface area contributed by atoms with E-state index in [1.54, 1.807) is 39.8 Å². The number of halogens is 2. The molecule has 0 saturated heterocycles. The molecule has 0 aromatic heterocycles. The van der Waals surface area contributed by atoms with Crippen LogP contribution in [0.2, 0.25) is 10.0 Å². The number of rotatable bonds is 10. The number of hydrogen-bond donors (Lipinski definition) is 0. The Balaban J connectivity index is 0.000000802. The largest absolute Gasteiger partial charge is 2.00 e. The van der Waals surface area contributed by atoms with Crippen LogP contribution in [0.15, 0.2) is 47.5 Å². The maximum absolute atomic E-state index is 12.2. The fourth-order valence-corrected chi connectivity index (χ4v) is 3.60. The Kier molecular flexibility index (Phi) is 16.2. The average Bonchev–Trinajstić information content (AvgIpc) is 2.96. The third kappa shape index (κ3) is 10.0. The number of nitrogens with zero attached hydrogens (tertiary/aromatic N) is 4. The van der Waals surface area contributed by atoms with Crippen molar-refractivity contribution in [2.75, 3.05) is 0 Å². The van der Waals surface area contributed by atoms with Crippen LogP contribution >= 0.6 is 23.2 Å². The first-order valence-corrected chi connectivity index (χ1v) is 13.0. The standard InChI is InChI=1S/2C14H13ClN2O4.Mg/c2*1-3-8(2)13(18)11(7-16)14(19)10-5-4-9(15)6-12(10)17(20)21;/h2*4-6,8,19H,3H2,1-2H3;/q;;+2/p-2/b2*14-11-;. The minimum absolute atomic E-state index is 0. The van der Waals surface area contributed by atoms with Crippen LogP contribution < -0.4 is 10.2 Å². The Morgan fingerprint density at radius 2 is 1.07 bits per heavy atom. The first-order chi connectivity index (χ1) is 19.7. The Bertz CT molecular complexity index is 1450. The summed E-state index contributed by atoms with van der Waals surface area (Å²) in [6.45, 7) is 6.66. The Hall–Kier alpha value is -4.01. The van der Waals surface area contributed by atoms with Gasteiger partial charge < -0.3 is 10.2 Å². The summed E-state index contributed by atoms with van der Waals surface area (Å²) in [4.78, 5) is 44.4. The molecular formula is C28H24Cl2MgN4O8. The summed E-state index contributed by atoms with van der Waals surface area (Å²) in [7, 11) is 0. The van der Waals surface area contributed by atoms with Gasteiger partial charge in [0.1, 0.15) is 12.1 Å². The Labute approximate surface area is 273 Å². The van der Waals surface area contributed by atoms with E-state index in [2.05, 4.69) is 0 Å². The van der Waals surface area contributed by atoms with Gasteiger partial charge in [-0.2, -0.15) is 10.5 Å². The minimum atomic E-state index is -0.953. The SMILES string of the molecule is CCC(C)C(=O)/C(C#N)=C(\[O-])c1ccc(Cl)cc1[N+](=O)[O-].CCC(C)C(=O)/C(C#N)=C(\[O-])c1ccc(Cl)cc1[N+](=O)[O-].[Mg+2]. The quantitative estimate of drug-likeness (QED) is 0.0883. The van der Waals surface area contributed by atoms with E-state index < -0.39 is 67.3 Å². The van der Waals surface area contributed by atoms with Crippen LogP contribution in [-0.2, 0) is 9.59 Å². The van der Waals surface area contributed by atoms with Crippen LogP contribution in [0.4, 0.5) is 11.4 Å². The number of ketones is 2. The molecule has 2 rings (SSSR count). The fraction of sp³-hybridized carbons (Fsp3) is 0.286. The van der Waals surface area contributed by atoms with E-state index in [0.717, 1.165) is 24.3 Å². The number of nitro benzene ring substituents is 2. The van der Waals surface area contributed by atoms with Crippen molar-refractivity contribution in [2.24, 2.45) is 11.8 Å². The van der Waals surface area contributed by atoms with Gasteiger partial charge in [-0.1, -0.05) is 62.4 Å². The van der Waals surface area contributed by atoms with Crippen molar-refractivity contribution >= 4 is 80.7 Å². The maximum Gasteiger partial charge on any atom is 2.00 e. The molecule has 43 heavy (non-hydrogen) atoms. The van der Waals surface area contributed by atoms with Crippen LogP contribution in [0.5, 0.6) is 0 Å². The molecule has 2 unspecified atom stereocenters. The molecule has 0 bridgehead atoms. The Morgan fingerprint density at radius 3 is 1.30 bits per heavy atom.